The second-order valence-corrected chi connectivity index (χ2v) is 5.81. The van der Waals surface area contributed by atoms with Crippen molar-refractivity contribution in [3.8, 4) is 5.75 Å². The normalized spacial score (nSPS) is 11.1. The summed E-state index contributed by atoms with van der Waals surface area (Å²) in [6.45, 7) is 1.62. The molecule has 9 heteroatoms. The number of aromatic carboxylic acids is 1. The number of sulfonamides is 1. The van der Waals surface area contributed by atoms with Gasteiger partial charge in [-0.2, -0.15) is 8.42 Å². The highest BCUT2D eigenvalue weighted by atomic mass is 32.2. The van der Waals surface area contributed by atoms with E-state index in [1.807, 2.05) is 0 Å². The molecule has 3 N–H and O–H groups in total. The smallest absolute Gasteiger partial charge is 0.335 e. The number of nitrogens with zero attached hydrogens (tertiary/aromatic N) is 1. The van der Waals surface area contributed by atoms with E-state index in [2.05, 4.69) is 14.7 Å². The molecule has 0 aliphatic carbocycles. The van der Waals surface area contributed by atoms with Crippen molar-refractivity contribution in [3.63, 3.8) is 0 Å². The second kappa shape index (κ2) is 5.44. The Labute approximate surface area is 120 Å². The molecule has 0 aliphatic rings. The van der Waals surface area contributed by atoms with E-state index >= 15 is 0 Å². The Hall–Kier alpha value is -2.55. The van der Waals surface area contributed by atoms with Crippen LogP contribution in [0.25, 0.3) is 0 Å². The summed E-state index contributed by atoms with van der Waals surface area (Å²) in [5.41, 5.74) is -0.0288. The molecular weight excluding hydrogens is 298 g/mol. The van der Waals surface area contributed by atoms with E-state index in [0.29, 0.717) is 5.82 Å². The topological polar surface area (TPSA) is 121 Å². The van der Waals surface area contributed by atoms with Gasteiger partial charge in [0, 0.05) is 0 Å². The molecule has 2 rings (SSSR count). The Morgan fingerprint density at radius 2 is 2.14 bits per heavy atom. The fourth-order valence-electron chi connectivity index (χ4n) is 1.66. The Bertz CT molecular complexity index is 782. The van der Waals surface area contributed by atoms with Crippen molar-refractivity contribution in [1.29, 1.82) is 0 Å². The lowest BCUT2D eigenvalue weighted by atomic mass is 10.2. The number of carbonyl (C=O) groups is 1. The van der Waals surface area contributed by atoms with E-state index < -0.39 is 16.0 Å². The number of carboxylic acids is 1. The van der Waals surface area contributed by atoms with Crippen LogP contribution in [0.5, 0.6) is 5.75 Å². The highest BCUT2D eigenvalue weighted by Crippen LogP contribution is 2.27. The third kappa shape index (κ3) is 3.14. The summed E-state index contributed by atoms with van der Waals surface area (Å²) in [5.74, 6) is -0.517. The van der Waals surface area contributed by atoms with Crippen LogP contribution in [0.3, 0.4) is 0 Å². The van der Waals surface area contributed by atoms with E-state index in [-0.39, 0.29) is 22.0 Å². The fraction of sp³-hybridized carbons (Fsp3) is 0.167. The largest absolute Gasteiger partial charge is 0.495 e. The third-order valence-corrected chi connectivity index (χ3v) is 3.93. The first kappa shape index (κ1) is 14.9. The summed E-state index contributed by atoms with van der Waals surface area (Å²) < 4.78 is 31.7. The molecule has 0 aliphatic heterocycles. The first-order chi connectivity index (χ1) is 9.83. The van der Waals surface area contributed by atoms with Crippen LogP contribution in [0.15, 0.2) is 29.4 Å². The molecule has 21 heavy (non-hydrogen) atoms. The third-order valence-electron chi connectivity index (χ3n) is 2.66. The highest BCUT2D eigenvalue weighted by Gasteiger charge is 2.19. The van der Waals surface area contributed by atoms with Gasteiger partial charge < -0.3 is 14.8 Å². The summed E-state index contributed by atoms with van der Waals surface area (Å²) in [6, 6.07) is 3.88. The van der Waals surface area contributed by atoms with Crippen LogP contribution in [0.2, 0.25) is 0 Å². The van der Waals surface area contributed by atoms with Gasteiger partial charge in [0.1, 0.15) is 11.6 Å². The zero-order valence-electron chi connectivity index (χ0n) is 11.2. The lowest BCUT2D eigenvalue weighted by Crippen LogP contribution is -2.14. The van der Waals surface area contributed by atoms with Crippen LogP contribution < -0.4 is 9.46 Å². The number of benzene rings is 1. The van der Waals surface area contributed by atoms with Gasteiger partial charge in [-0.15, -0.1) is 0 Å². The highest BCUT2D eigenvalue weighted by molar-refractivity contribution is 7.92. The van der Waals surface area contributed by atoms with Crippen molar-refractivity contribution in [2.24, 2.45) is 0 Å². The average molecular weight is 311 g/mol. The predicted octanol–water partition coefficient (Wildman–Crippen LogP) is 1.23. The van der Waals surface area contributed by atoms with Crippen LogP contribution in [-0.2, 0) is 10.0 Å². The number of nitrogens with one attached hydrogen (secondary N) is 2. The number of aromatic amines is 1. The second-order valence-electron chi connectivity index (χ2n) is 4.16. The molecule has 0 saturated heterocycles. The molecule has 0 radical (unpaired) electrons. The van der Waals surface area contributed by atoms with E-state index in [4.69, 9.17) is 9.84 Å². The molecule has 0 amide bonds. The number of ether oxygens (including phenoxy) is 1. The average Bonchev–Trinajstić information content (AvgIpc) is 2.85. The first-order valence-electron chi connectivity index (χ1n) is 5.79. The molecule has 1 aromatic carbocycles. The zero-order valence-corrected chi connectivity index (χ0v) is 12.1. The maximum Gasteiger partial charge on any atom is 0.335 e. The number of aromatic nitrogens is 2. The van der Waals surface area contributed by atoms with Crippen LogP contribution in [0, 0.1) is 6.92 Å². The van der Waals surface area contributed by atoms with Gasteiger partial charge in [-0.1, -0.05) is 0 Å². The number of hydrogen-bond acceptors (Lipinski definition) is 5. The van der Waals surface area contributed by atoms with Gasteiger partial charge >= 0.3 is 5.97 Å². The molecule has 0 fully saturated rings. The van der Waals surface area contributed by atoms with E-state index in [1.165, 1.54) is 31.5 Å². The minimum atomic E-state index is -3.91. The van der Waals surface area contributed by atoms with Crippen molar-refractivity contribution in [2.75, 3.05) is 11.8 Å². The molecule has 0 atom stereocenters. The molecule has 0 unspecified atom stereocenters. The maximum absolute atomic E-state index is 12.2. The molecular formula is C12H13N3O5S. The van der Waals surface area contributed by atoms with Crippen molar-refractivity contribution in [2.45, 2.75) is 11.9 Å². The summed E-state index contributed by atoms with van der Waals surface area (Å²) in [4.78, 5) is 17.4. The number of carboxylic acid groups (broad SMARTS) is 1. The van der Waals surface area contributed by atoms with Gasteiger partial charge in [0.2, 0.25) is 0 Å². The predicted molar refractivity (Wildman–Crippen MR) is 74.1 cm³/mol. The van der Waals surface area contributed by atoms with Crippen molar-refractivity contribution in [3.05, 3.63) is 35.8 Å². The van der Waals surface area contributed by atoms with Gasteiger partial charge in [0.05, 0.1) is 24.6 Å². The standard InChI is InChI=1S/C12H13N3O5S/c1-7-13-6-11(14-7)21(18,19)15-9-5-8(12(16)17)3-4-10(9)20-2/h3-6,15H,1-2H3,(H,13,14)(H,16,17). The molecule has 8 nitrogen and oxygen atoms in total. The number of rotatable bonds is 5. The molecule has 2 aromatic rings. The number of H-pyrrole nitrogens is 1. The first-order valence-corrected chi connectivity index (χ1v) is 7.27. The monoisotopic (exact) mass is 311 g/mol. The van der Waals surface area contributed by atoms with Crippen LogP contribution in [0.4, 0.5) is 5.69 Å². The van der Waals surface area contributed by atoms with Gasteiger partial charge in [0.15, 0.2) is 5.03 Å². The number of anilines is 1. The lowest BCUT2D eigenvalue weighted by molar-refractivity contribution is 0.0697. The van der Waals surface area contributed by atoms with Crippen molar-refractivity contribution in [1.82, 2.24) is 9.97 Å². The van der Waals surface area contributed by atoms with Crippen LogP contribution >= 0.6 is 0 Å². The fourth-order valence-corrected chi connectivity index (χ4v) is 2.69. The van der Waals surface area contributed by atoms with Gasteiger partial charge in [-0.05, 0) is 25.1 Å². The molecule has 112 valence electrons. The Morgan fingerprint density at radius 3 is 2.67 bits per heavy atom. The molecule has 0 saturated carbocycles. The SMILES string of the molecule is COc1ccc(C(=O)O)cc1NS(=O)(=O)c1cnc(C)[nH]1. The van der Waals surface area contributed by atoms with Gasteiger partial charge in [-0.3, -0.25) is 4.72 Å². The summed E-state index contributed by atoms with van der Waals surface area (Å²) in [6.07, 6.45) is 1.17. The molecule has 1 aromatic heterocycles. The Kier molecular flexibility index (Phi) is 3.85. The van der Waals surface area contributed by atoms with E-state index in [9.17, 15) is 13.2 Å². The maximum atomic E-state index is 12.2. The summed E-state index contributed by atoms with van der Waals surface area (Å²) >= 11 is 0. The summed E-state index contributed by atoms with van der Waals surface area (Å²) in [7, 11) is -2.55. The number of hydrogen-bond donors (Lipinski definition) is 3. The van der Waals surface area contributed by atoms with Gasteiger partial charge in [-0.25, -0.2) is 9.78 Å². The quantitative estimate of drug-likeness (QED) is 0.763. The Morgan fingerprint density at radius 1 is 1.43 bits per heavy atom. The van der Waals surface area contributed by atoms with Gasteiger partial charge in [0.25, 0.3) is 10.0 Å². The summed E-state index contributed by atoms with van der Waals surface area (Å²) in [5, 5.41) is 8.83. The molecule has 1 heterocycles. The van der Waals surface area contributed by atoms with E-state index in [0.717, 1.165) is 0 Å². The lowest BCUT2D eigenvalue weighted by Gasteiger charge is -2.11. The number of aryl methyl sites for hydroxylation is 1. The number of imidazole rings is 1. The van der Waals surface area contributed by atoms with Crippen LogP contribution in [-0.4, -0.2) is 36.6 Å². The van der Waals surface area contributed by atoms with Crippen molar-refractivity contribution >= 4 is 21.7 Å². The van der Waals surface area contributed by atoms with E-state index in [1.54, 1.807) is 6.92 Å². The zero-order chi connectivity index (χ0) is 15.6. The minimum Gasteiger partial charge on any atom is -0.495 e. The van der Waals surface area contributed by atoms with Crippen molar-refractivity contribution < 1.29 is 23.1 Å². The van der Waals surface area contributed by atoms with Crippen LogP contribution in [0.1, 0.15) is 16.2 Å². The minimum absolute atomic E-state index is 0.0321. The molecule has 0 bridgehead atoms. The molecule has 0 spiro atoms. The Balaban J connectivity index is 2.42. The number of methoxy groups -OCH3 is 1.